The van der Waals surface area contributed by atoms with Gasteiger partial charge in [-0.25, -0.2) is 0 Å². The summed E-state index contributed by atoms with van der Waals surface area (Å²) >= 11 is 0. The lowest BCUT2D eigenvalue weighted by molar-refractivity contribution is 0.0556. The van der Waals surface area contributed by atoms with Gasteiger partial charge in [0.25, 0.3) is 0 Å². The third-order valence-electron chi connectivity index (χ3n) is 3.54. The Labute approximate surface area is 112 Å². The molecule has 1 heterocycles. The fourth-order valence-electron chi connectivity index (χ4n) is 2.39. The maximum atomic E-state index is 5.39. The topological polar surface area (TPSA) is 33.7 Å². The minimum absolute atomic E-state index is 0.809. The van der Waals surface area contributed by atoms with E-state index in [1.54, 1.807) is 7.11 Å². The van der Waals surface area contributed by atoms with Crippen LogP contribution in [0.3, 0.4) is 0 Å². The van der Waals surface area contributed by atoms with E-state index in [4.69, 9.17) is 9.47 Å². The summed E-state index contributed by atoms with van der Waals surface area (Å²) in [6.07, 6.45) is 5.01. The first-order chi connectivity index (χ1) is 8.83. The number of rotatable bonds is 10. The lowest BCUT2D eigenvalue weighted by Crippen LogP contribution is -2.30. The molecule has 4 heteroatoms. The maximum Gasteiger partial charge on any atom is 0.0587 e. The molecule has 4 nitrogen and oxygen atoms in total. The molecule has 0 aromatic carbocycles. The summed E-state index contributed by atoms with van der Waals surface area (Å²) < 4.78 is 10.4. The molecule has 108 valence electrons. The Kier molecular flexibility index (Phi) is 9.48. The lowest BCUT2D eigenvalue weighted by atomic mass is 10.00. The molecule has 18 heavy (non-hydrogen) atoms. The Morgan fingerprint density at radius 2 is 2.00 bits per heavy atom. The van der Waals surface area contributed by atoms with Gasteiger partial charge in [0, 0.05) is 33.4 Å². The van der Waals surface area contributed by atoms with Gasteiger partial charge in [0.15, 0.2) is 0 Å². The van der Waals surface area contributed by atoms with Crippen LogP contribution in [0.4, 0.5) is 0 Å². The van der Waals surface area contributed by atoms with Crippen LogP contribution < -0.4 is 5.32 Å². The van der Waals surface area contributed by atoms with Gasteiger partial charge in [0.1, 0.15) is 0 Å². The number of nitrogens with zero attached hydrogens (tertiary/aromatic N) is 1. The molecule has 0 spiro atoms. The highest BCUT2D eigenvalue weighted by molar-refractivity contribution is 4.67. The molecule has 0 saturated carbocycles. The Morgan fingerprint density at radius 1 is 1.22 bits per heavy atom. The summed E-state index contributed by atoms with van der Waals surface area (Å²) in [7, 11) is 3.99. The van der Waals surface area contributed by atoms with E-state index in [0.717, 1.165) is 38.8 Å². The van der Waals surface area contributed by atoms with Gasteiger partial charge in [-0.2, -0.15) is 0 Å². The van der Waals surface area contributed by atoms with E-state index in [0.29, 0.717) is 0 Å². The van der Waals surface area contributed by atoms with Crippen LogP contribution in [0.2, 0.25) is 0 Å². The molecule has 0 unspecified atom stereocenters. The number of hydrogen-bond acceptors (Lipinski definition) is 4. The summed E-state index contributed by atoms with van der Waals surface area (Å²) in [6.45, 7) is 7.25. The second-order valence-electron chi connectivity index (χ2n) is 5.27. The van der Waals surface area contributed by atoms with Crippen molar-refractivity contribution in [1.29, 1.82) is 0 Å². The Hall–Kier alpha value is -0.160. The van der Waals surface area contributed by atoms with Crippen LogP contribution in [0.5, 0.6) is 0 Å². The Balaban J connectivity index is 1.88. The van der Waals surface area contributed by atoms with E-state index >= 15 is 0 Å². The number of hydrogen-bond donors (Lipinski definition) is 1. The van der Waals surface area contributed by atoms with Gasteiger partial charge in [0.2, 0.25) is 0 Å². The van der Waals surface area contributed by atoms with Crippen molar-refractivity contribution in [3.8, 4) is 0 Å². The molecular weight excluding hydrogens is 228 g/mol. The molecule has 1 fully saturated rings. The zero-order valence-electron chi connectivity index (χ0n) is 12.1. The quantitative estimate of drug-likeness (QED) is 0.600. The summed E-state index contributed by atoms with van der Waals surface area (Å²) in [4.78, 5) is 2.48. The van der Waals surface area contributed by atoms with Crippen molar-refractivity contribution in [2.24, 2.45) is 5.92 Å². The first-order valence-electron chi connectivity index (χ1n) is 7.29. The third-order valence-corrected chi connectivity index (χ3v) is 3.54. The fraction of sp³-hybridized carbons (Fsp3) is 1.00. The Morgan fingerprint density at radius 3 is 2.72 bits per heavy atom. The number of unbranched alkanes of at least 4 members (excludes halogenated alkanes) is 1. The summed E-state index contributed by atoms with van der Waals surface area (Å²) in [6, 6.07) is 0. The third kappa shape index (κ3) is 8.03. The van der Waals surface area contributed by atoms with Gasteiger partial charge in [-0.3, -0.25) is 0 Å². The van der Waals surface area contributed by atoms with E-state index in [1.807, 2.05) is 0 Å². The Bertz CT molecular complexity index is 185. The summed E-state index contributed by atoms with van der Waals surface area (Å²) in [5.74, 6) is 0.851. The van der Waals surface area contributed by atoms with E-state index < -0.39 is 0 Å². The normalized spacial score (nSPS) is 17.5. The number of methoxy groups -OCH3 is 1. The molecule has 1 aliphatic heterocycles. The number of nitrogens with one attached hydrogen (secondary N) is 1. The molecule has 0 aliphatic carbocycles. The predicted octanol–water partition coefficient (Wildman–Crippen LogP) is 1.36. The molecule has 0 radical (unpaired) electrons. The van der Waals surface area contributed by atoms with Crippen LogP contribution in [-0.4, -0.2) is 65.1 Å². The van der Waals surface area contributed by atoms with Crippen LogP contribution in [-0.2, 0) is 9.47 Å². The lowest BCUT2D eigenvalue weighted by Gasteiger charge is -2.27. The molecule has 1 rings (SSSR count). The van der Waals surface area contributed by atoms with E-state index in [2.05, 4.69) is 17.3 Å². The predicted molar refractivity (Wildman–Crippen MR) is 75.0 cm³/mol. The smallest absolute Gasteiger partial charge is 0.0587 e. The van der Waals surface area contributed by atoms with Crippen molar-refractivity contribution in [3.05, 3.63) is 0 Å². The van der Waals surface area contributed by atoms with Gasteiger partial charge in [-0.05, 0) is 51.7 Å². The highest BCUT2D eigenvalue weighted by Gasteiger charge is 2.15. The van der Waals surface area contributed by atoms with E-state index in [9.17, 15) is 0 Å². The molecule has 1 aliphatic rings. The van der Waals surface area contributed by atoms with E-state index in [-0.39, 0.29) is 0 Å². The van der Waals surface area contributed by atoms with Crippen molar-refractivity contribution in [2.45, 2.75) is 25.7 Å². The van der Waals surface area contributed by atoms with Crippen LogP contribution >= 0.6 is 0 Å². The molecular formula is C14H30N2O2. The van der Waals surface area contributed by atoms with Crippen molar-refractivity contribution < 1.29 is 9.47 Å². The minimum atomic E-state index is 0.809. The van der Waals surface area contributed by atoms with Gasteiger partial charge in [0.05, 0.1) is 6.61 Å². The van der Waals surface area contributed by atoms with Crippen molar-refractivity contribution in [3.63, 3.8) is 0 Å². The first kappa shape index (κ1) is 15.9. The largest absolute Gasteiger partial charge is 0.383 e. The highest BCUT2D eigenvalue weighted by atomic mass is 16.5. The molecule has 0 aromatic heterocycles. The number of ether oxygens (including phenoxy) is 2. The average molecular weight is 258 g/mol. The zero-order valence-corrected chi connectivity index (χ0v) is 12.1. The van der Waals surface area contributed by atoms with E-state index in [1.165, 1.54) is 38.8 Å². The molecule has 1 N–H and O–H groups in total. The van der Waals surface area contributed by atoms with Crippen LogP contribution in [0.1, 0.15) is 25.7 Å². The summed E-state index contributed by atoms with van der Waals surface area (Å²) in [5, 5.41) is 3.38. The zero-order chi connectivity index (χ0) is 13.1. The SMILES string of the molecule is COCCNCCCCN(C)CC1CCOCC1. The molecule has 0 atom stereocenters. The van der Waals surface area contributed by atoms with Crippen molar-refractivity contribution >= 4 is 0 Å². The molecule has 0 amide bonds. The van der Waals surface area contributed by atoms with Gasteiger partial charge in [-0.1, -0.05) is 0 Å². The van der Waals surface area contributed by atoms with Gasteiger partial charge in [-0.15, -0.1) is 0 Å². The fourth-order valence-corrected chi connectivity index (χ4v) is 2.39. The molecule has 1 saturated heterocycles. The molecule has 0 aromatic rings. The second kappa shape index (κ2) is 10.7. The molecule has 0 bridgehead atoms. The second-order valence-corrected chi connectivity index (χ2v) is 5.27. The van der Waals surface area contributed by atoms with Crippen molar-refractivity contribution in [2.75, 3.05) is 60.2 Å². The monoisotopic (exact) mass is 258 g/mol. The first-order valence-corrected chi connectivity index (χ1v) is 7.29. The van der Waals surface area contributed by atoms with Gasteiger partial charge >= 0.3 is 0 Å². The maximum absolute atomic E-state index is 5.39. The average Bonchev–Trinajstić information content (AvgIpc) is 2.39. The van der Waals surface area contributed by atoms with Crippen LogP contribution in [0, 0.1) is 5.92 Å². The van der Waals surface area contributed by atoms with Crippen molar-refractivity contribution in [1.82, 2.24) is 10.2 Å². The van der Waals surface area contributed by atoms with Gasteiger partial charge < -0.3 is 19.7 Å². The highest BCUT2D eigenvalue weighted by Crippen LogP contribution is 2.15. The summed E-state index contributed by atoms with van der Waals surface area (Å²) in [5.41, 5.74) is 0. The van der Waals surface area contributed by atoms with Crippen LogP contribution in [0.25, 0.3) is 0 Å². The minimum Gasteiger partial charge on any atom is -0.383 e. The standard InChI is InChI=1S/C14H30N2O2/c1-16(13-14-5-10-18-11-6-14)9-4-3-7-15-8-12-17-2/h14-15H,3-13H2,1-2H3. The van der Waals surface area contributed by atoms with Crippen LogP contribution in [0.15, 0.2) is 0 Å².